The molecule has 0 atom stereocenters. The first-order valence-corrected chi connectivity index (χ1v) is 4.99. The van der Waals surface area contributed by atoms with Crippen LogP contribution in [0, 0.1) is 0 Å². The minimum atomic E-state index is -4.16. The fourth-order valence-electron chi connectivity index (χ4n) is 1.42. The highest BCUT2D eigenvalue weighted by Gasteiger charge is 2.28. The fraction of sp³-hybridized carbons (Fsp3) is 0.545. The molecule has 0 saturated heterocycles. The molecule has 90 valence electrons. The van der Waals surface area contributed by atoms with Crippen molar-refractivity contribution in [2.75, 3.05) is 13.1 Å². The lowest BCUT2D eigenvalue weighted by atomic mass is 9.85. The van der Waals surface area contributed by atoms with Gasteiger partial charge in [-0.05, 0) is 17.7 Å². The minimum Gasteiger partial charge on any atom is -0.308 e. The molecule has 0 aliphatic carbocycles. The van der Waals surface area contributed by atoms with Crippen molar-refractivity contribution in [3.05, 3.63) is 30.1 Å². The van der Waals surface area contributed by atoms with Crippen LogP contribution in [0.1, 0.15) is 19.4 Å². The molecule has 2 nitrogen and oxygen atoms in total. The number of aromatic nitrogens is 1. The molecule has 1 rings (SSSR count). The largest absolute Gasteiger partial charge is 0.401 e. The SMILES string of the molecule is CC(C)(CNCC(F)(F)F)c1ccncc1. The molecule has 0 bridgehead atoms. The van der Waals surface area contributed by atoms with Gasteiger partial charge in [0.15, 0.2) is 0 Å². The number of alkyl halides is 3. The molecule has 0 aliphatic rings. The van der Waals surface area contributed by atoms with Crippen LogP contribution < -0.4 is 5.32 Å². The molecule has 0 saturated carbocycles. The van der Waals surface area contributed by atoms with Gasteiger partial charge in [0.05, 0.1) is 6.54 Å². The zero-order valence-corrected chi connectivity index (χ0v) is 9.30. The highest BCUT2D eigenvalue weighted by molar-refractivity contribution is 5.20. The quantitative estimate of drug-likeness (QED) is 0.862. The lowest BCUT2D eigenvalue weighted by molar-refractivity contribution is -0.125. The Hall–Kier alpha value is -1.10. The van der Waals surface area contributed by atoms with E-state index in [0.29, 0.717) is 0 Å². The molecule has 1 aromatic rings. The maximum atomic E-state index is 12.0. The molecule has 0 aliphatic heterocycles. The average Bonchev–Trinajstić information content (AvgIpc) is 2.17. The molecule has 16 heavy (non-hydrogen) atoms. The average molecular weight is 232 g/mol. The van der Waals surface area contributed by atoms with E-state index in [9.17, 15) is 13.2 Å². The Morgan fingerprint density at radius 3 is 2.19 bits per heavy atom. The van der Waals surface area contributed by atoms with Gasteiger partial charge in [-0.15, -0.1) is 0 Å². The van der Waals surface area contributed by atoms with Crippen LogP contribution in [0.3, 0.4) is 0 Å². The van der Waals surface area contributed by atoms with Crippen molar-refractivity contribution < 1.29 is 13.2 Å². The predicted molar refractivity (Wildman–Crippen MR) is 56.2 cm³/mol. The number of pyridine rings is 1. The zero-order valence-electron chi connectivity index (χ0n) is 9.30. The van der Waals surface area contributed by atoms with Crippen LogP contribution in [0.4, 0.5) is 13.2 Å². The van der Waals surface area contributed by atoms with E-state index >= 15 is 0 Å². The number of hydrogen-bond acceptors (Lipinski definition) is 2. The number of hydrogen-bond donors (Lipinski definition) is 1. The van der Waals surface area contributed by atoms with Gasteiger partial charge in [-0.2, -0.15) is 13.2 Å². The third-order valence-corrected chi connectivity index (χ3v) is 2.35. The summed E-state index contributed by atoms with van der Waals surface area (Å²) in [5.41, 5.74) is 0.631. The number of halogens is 3. The van der Waals surface area contributed by atoms with Crippen LogP contribution in [0.25, 0.3) is 0 Å². The van der Waals surface area contributed by atoms with Crippen molar-refractivity contribution in [2.24, 2.45) is 0 Å². The van der Waals surface area contributed by atoms with Gasteiger partial charge in [-0.25, -0.2) is 0 Å². The van der Waals surface area contributed by atoms with Crippen molar-refractivity contribution >= 4 is 0 Å². The van der Waals surface area contributed by atoms with Gasteiger partial charge in [-0.1, -0.05) is 13.8 Å². The van der Waals surface area contributed by atoms with Gasteiger partial charge >= 0.3 is 6.18 Å². The molecule has 0 spiro atoms. The number of nitrogens with one attached hydrogen (secondary N) is 1. The Balaban J connectivity index is 2.53. The molecular weight excluding hydrogens is 217 g/mol. The monoisotopic (exact) mass is 232 g/mol. The van der Waals surface area contributed by atoms with Crippen molar-refractivity contribution in [2.45, 2.75) is 25.4 Å². The van der Waals surface area contributed by atoms with E-state index in [4.69, 9.17) is 0 Å². The summed E-state index contributed by atoms with van der Waals surface area (Å²) in [4.78, 5) is 3.88. The Labute approximate surface area is 92.9 Å². The Bertz CT molecular complexity index is 320. The summed E-state index contributed by atoms with van der Waals surface area (Å²) >= 11 is 0. The maximum absolute atomic E-state index is 12.0. The minimum absolute atomic E-state index is 0.274. The van der Waals surface area contributed by atoms with E-state index in [1.807, 2.05) is 26.0 Å². The van der Waals surface area contributed by atoms with Crippen molar-refractivity contribution in [3.63, 3.8) is 0 Å². The van der Waals surface area contributed by atoms with Crippen LogP contribution in [0.5, 0.6) is 0 Å². The summed E-state index contributed by atoms with van der Waals surface area (Å²) < 4.78 is 35.9. The smallest absolute Gasteiger partial charge is 0.308 e. The van der Waals surface area contributed by atoms with Crippen molar-refractivity contribution in [1.29, 1.82) is 0 Å². The van der Waals surface area contributed by atoms with E-state index in [-0.39, 0.29) is 12.0 Å². The fourth-order valence-corrected chi connectivity index (χ4v) is 1.42. The molecule has 0 unspecified atom stereocenters. The van der Waals surface area contributed by atoms with Crippen LogP contribution in [0.2, 0.25) is 0 Å². The molecule has 0 fully saturated rings. The second-order valence-corrected chi connectivity index (χ2v) is 4.34. The summed E-state index contributed by atoms with van der Waals surface area (Å²) in [7, 11) is 0. The van der Waals surface area contributed by atoms with Gasteiger partial charge in [0, 0.05) is 24.4 Å². The molecule has 1 aromatic heterocycles. The molecular formula is C11H15F3N2. The molecule has 0 aromatic carbocycles. The molecule has 0 radical (unpaired) electrons. The van der Waals surface area contributed by atoms with Crippen LogP contribution in [-0.2, 0) is 5.41 Å². The lowest BCUT2D eigenvalue weighted by Gasteiger charge is -2.25. The van der Waals surface area contributed by atoms with E-state index in [1.165, 1.54) is 0 Å². The third kappa shape index (κ3) is 4.18. The first-order valence-electron chi connectivity index (χ1n) is 4.99. The Morgan fingerprint density at radius 2 is 1.69 bits per heavy atom. The van der Waals surface area contributed by atoms with Crippen LogP contribution >= 0.6 is 0 Å². The first-order chi connectivity index (χ1) is 7.31. The molecule has 1 N–H and O–H groups in total. The standard InChI is InChI=1S/C11H15F3N2/c1-10(2,7-16-8-11(12,13)14)9-3-5-15-6-4-9/h3-6,16H,7-8H2,1-2H3. The number of nitrogens with zero attached hydrogens (tertiary/aromatic N) is 1. The van der Waals surface area contributed by atoms with Crippen molar-refractivity contribution in [1.82, 2.24) is 10.3 Å². The van der Waals surface area contributed by atoms with E-state index < -0.39 is 12.7 Å². The van der Waals surface area contributed by atoms with E-state index in [0.717, 1.165) is 5.56 Å². The van der Waals surface area contributed by atoms with Gasteiger partial charge in [-0.3, -0.25) is 4.98 Å². The third-order valence-electron chi connectivity index (χ3n) is 2.35. The normalized spacial score (nSPS) is 12.8. The van der Waals surface area contributed by atoms with Crippen molar-refractivity contribution in [3.8, 4) is 0 Å². The van der Waals surface area contributed by atoms with E-state index in [1.54, 1.807) is 12.4 Å². The summed E-state index contributed by atoms with van der Waals surface area (Å²) in [6, 6.07) is 3.63. The second-order valence-electron chi connectivity index (χ2n) is 4.34. The van der Waals surface area contributed by atoms with E-state index in [2.05, 4.69) is 10.3 Å². The van der Waals surface area contributed by atoms with Gasteiger partial charge in [0.2, 0.25) is 0 Å². The molecule has 0 amide bonds. The van der Waals surface area contributed by atoms with Crippen LogP contribution in [-0.4, -0.2) is 24.2 Å². The predicted octanol–water partition coefficient (Wildman–Crippen LogP) is 2.51. The van der Waals surface area contributed by atoms with Gasteiger partial charge < -0.3 is 5.32 Å². The van der Waals surface area contributed by atoms with Gasteiger partial charge in [0.25, 0.3) is 0 Å². The molecule has 5 heteroatoms. The summed E-state index contributed by atoms with van der Waals surface area (Å²) in [6.07, 6.45) is -0.879. The number of rotatable bonds is 4. The highest BCUT2D eigenvalue weighted by atomic mass is 19.4. The summed E-state index contributed by atoms with van der Waals surface area (Å²) in [5.74, 6) is 0. The second kappa shape index (κ2) is 4.82. The van der Waals surface area contributed by atoms with Gasteiger partial charge in [0.1, 0.15) is 0 Å². The lowest BCUT2D eigenvalue weighted by Crippen LogP contribution is -2.38. The zero-order chi connectivity index (χ0) is 12.2. The summed E-state index contributed by atoms with van der Waals surface area (Å²) in [6.45, 7) is 3.11. The summed E-state index contributed by atoms with van der Waals surface area (Å²) in [5, 5.41) is 2.42. The maximum Gasteiger partial charge on any atom is 0.401 e. The Kier molecular flexibility index (Phi) is 3.91. The molecule has 1 heterocycles. The highest BCUT2D eigenvalue weighted by Crippen LogP contribution is 2.21. The topological polar surface area (TPSA) is 24.9 Å². The van der Waals surface area contributed by atoms with Crippen LogP contribution in [0.15, 0.2) is 24.5 Å². The first kappa shape index (κ1) is 13.0. The Morgan fingerprint density at radius 1 is 1.12 bits per heavy atom.